The molecule has 0 aliphatic carbocycles. The normalized spacial score (nSPS) is 10.7. The molecule has 0 fully saturated rings. The Balaban J connectivity index is 2.08. The number of nitrogens with zero attached hydrogens (tertiary/aromatic N) is 2. The fourth-order valence-electron chi connectivity index (χ4n) is 1.87. The van der Waals surface area contributed by atoms with Crippen LogP contribution in [-0.2, 0) is 6.54 Å². The average Bonchev–Trinajstić information content (AvgIpc) is 2.82. The molecule has 1 amide bonds. The number of rotatable bonds is 5. The van der Waals surface area contributed by atoms with Gasteiger partial charge in [-0.05, 0) is 38.1 Å². The maximum atomic E-state index is 12.4. The number of hydrogen-bond donors (Lipinski definition) is 1. The maximum Gasteiger partial charge on any atom is 0.272 e. The molecule has 0 aromatic carbocycles. The SMILES string of the molecule is CC(C)Nc1cccc(C(=O)N(C)Cc2ccc(Cl)s2)n1. The van der Waals surface area contributed by atoms with Crippen molar-refractivity contribution in [2.45, 2.75) is 26.4 Å². The number of nitrogens with one attached hydrogen (secondary N) is 1. The number of hydrogen-bond acceptors (Lipinski definition) is 4. The van der Waals surface area contributed by atoms with E-state index >= 15 is 0 Å². The largest absolute Gasteiger partial charge is 0.368 e. The van der Waals surface area contributed by atoms with Crippen molar-refractivity contribution in [2.75, 3.05) is 12.4 Å². The van der Waals surface area contributed by atoms with E-state index in [4.69, 9.17) is 11.6 Å². The molecule has 6 heteroatoms. The molecule has 2 heterocycles. The molecule has 0 atom stereocenters. The van der Waals surface area contributed by atoms with Crippen molar-refractivity contribution in [1.29, 1.82) is 0 Å². The van der Waals surface area contributed by atoms with Gasteiger partial charge in [0.1, 0.15) is 11.5 Å². The van der Waals surface area contributed by atoms with Crippen LogP contribution in [0.15, 0.2) is 30.3 Å². The molecule has 0 unspecified atom stereocenters. The maximum absolute atomic E-state index is 12.4. The van der Waals surface area contributed by atoms with Crippen molar-refractivity contribution in [1.82, 2.24) is 9.88 Å². The Morgan fingerprint density at radius 2 is 2.14 bits per heavy atom. The quantitative estimate of drug-likeness (QED) is 0.908. The summed E-state index contributed by atoms with van der Waals surface area (Å²) in [4.78, 5) is 19.4. The van der Waals surface area contributed by atoms with Crippen LogP contribution in [0, 0.1) is 0 Å². The van der Waals surface area contributed by atoms with E-state index < -0.39 is 0 Å². The van der Waals surface area contributed by atoms with Gasteiger partial charge in [-0.15, -0.1) is 11.3 Å². The molecule has 2 aromatic rings. The minimum absolute atomic E-state index is 0.105. The fraction of sp³-hybridized carbons (Fsp3) is 0.333. The van der Waals surface area contributed by atoms with E-state index in [1.807, 2.05) is 38.1 Å². The third-order valence-electron chi connectivity index (χ3n) is 2.77. The number of carbonyl (C=O) groups excluding carboxylic acids is 1. The van der Waals surface area contributed by atoms with E-state index in [-0.39, 0.29) is 11.9 Å². The van der Waals surface area contributed by atoms with Crippen LogP contribution in [0.3, 0.4) is 0 Å². The number of amides is 1. The summed E-state index contributed by atoms with van der Waals surface area (Å²) in [6.45, 7) is 4.59. The van der Waals surface area contributed by atoms with Crippen LogP contribution in [0.25, 0.3) is 0 Å². The summed E-state index contributed by atoms with van der Waals surface area (Å²) < 4.78 is 0.729. The minimum atomic E-state index is -0.105. The molecule has 0 saturated heterocycles. The number of carbonyl (C=O) groups is 1. The zero-order chi connectivity index (χ0) is 15.4. The van der Waals surface area contributed by atoms with E-state index in [1.165, 1.54) is 11.3 Å². The van der Waals surface area contributed by atoms with Crippen LogP contribution in [0.4, 0.5) is 5.82 Å². The summed E-state index contributed by atoms with van der Waals surface area (Å²) >= 11 is 7.38. The lowest BCUT2D eigenvalue weighted by Gasteiger charge is -2.16. The van der Waals surface area contributed by atoms with Crippen molar-refractivity contribution >= 4 is 34.7 Å². The van der Waals surface area contributed by atoms with Gasteiger partial charge in [0.2, 0.25) is 0 Å². The molecular formula is C15H18ClN3OS. The van der Waals surface area contributed by atoms with Gasteiger partial charge in [0.25, 0.3) is 5.91 Å². The molecule has 0 bridgehead atoms. The van der Waals surface area contributed by atoms with Gasteiger partial charge in [-0.2, -0.15) is 0 Å². The molecule has 2 rings (SSSR count). The first-order valence-electron chi connectivity index (χ1n) is 6.69. The molecule has 0 radical (unpaired) electrons. The highest BCUT2D eigenvalue weighted by molar-refractivity contribution is 7.16. The molecule has 112 valence electrons. The van der Waals surface area contributed by atoms with E-state index in [0.717, 1.165) is 9.21 Å². The highest BCUT2D eigenvalue weighted by Gasteiger charge is 2.15. The van der Waals surface area contributed by atoms with Gasteiger partial charge in [-0.1, -0.05) is 17.7 Å². The molecule has 21 heavy (non-hydrogen) atoms. The van der Waals surface area contributed by atoms with Crippen LogP contribution in [0.1, 0.15) is 29.2 Å². The van der Waals surface area contributed by atoms with Gasteiger partial charge in [-0.3, -0.25) is 4.79 Å². The lowest BCUT2D eigenvalue weighted by molar-refractivity contribution is 0.0781. The van der Waals surface area contributed by atoms with Gasteiger partial charge in [0, 0.05) is 18.0 Å². The van der Waals surface area contributed by atoms with Crippen LogP contribution in [0.2, 0.25) is 4.34 Å². The van der Waals surface area contributed by atoms with E-state index in [9.17, 15) is 4.79 Å². The Morgan fingerprint density at radius 3 is 2.76 bits per heavy atom. The first kappa shape index (κ1) is 15.8. The minimum Gasteiger partial charge on any atom is -0.368 e. The molecule has 0 spiro atoms. The van der Waals surface area contributed by atoms with Crippen molar-refractivity contribution in [3.8, 4) is 0 Å². The highest BCUT2D eigenvalue weighted by Crippen LogP contribution is 2.22. The summed E-state index contributed by atoms with van der Waals surface area (Å²) in [5, 5.41) is 3.19. The topological polar surface area (TPSA) is 45.2 Å². The van der Waals surface area contributed by atoms with E-state index in [2.05, 4.69) is 10.3 Å². The van der Waals surface area contributed by atoms with Crippen molar-refractivity contribution in [3.05, 3.63) is 45.2 Å². The van der Waals surface area contributed by atoms with Gasteiger partial charge in [0.05, 0.1) is 10.9 Å². The van der Waals surface area contributed by atoms with Gasteiger partial charge >= 0.3 is 0 Å². The van der Waals surface area contributed by atoms with Crippen molar-refractivity contribution < 1.29 is 4.79 Å². The summed E-state index contributed by atoms with van der Waals surface area (Å²) in [5.74, 6) is 0.607. The zero-order valence-corrected chi connectivity index (χ0v) is 13.8. The molecule has 2 aromatic heterocycles. The lowest BCUT2D eigenvalue weighted by atomic mass is 10.3. The standard InChI is InChI=1S/C15H18ClN3OS/c1-10(2)17-14-6-4-5-12(18-14)15(20)19(3)9-11-7-8-13(16)21-11/h4-8,10H,9H2,1-3H3,(H,17,18). The van der Waals surface area contributed by atoms with Gasteiger partial charge in [0.15, 0.2) is 0 Å². The molecular weight excluding hydrogens is 306 g/mol. The van der Waals surface area contributed by atoms with Crippen LogP contribution in [-0.4, -0.2) is 28.9 Å². The summed E-state index contributed by atoms with van der Waals surface area (Å²) in [6, 6.07) is 9.46. The predicted molar refractivity (Wildman–Crippen MR) is 88.1 cm³/mol. The van der Waals surface area contributed by atoms with Gasteiger partial charge < -0.3 is 10.2 Å². The fourth-order valence-corrected chi connectivity index (χ4v) is 3.01. The molecule has 1 N–H and O–H groups in total. The first-order valence-corrected chi connectivity index (χ1v) is 7.88. The summed E-state index contributed by atoms with van der Waals surface area (Å²) in [7, 11) is 1.76. The smallest absolute Gasteiger partial charge is 0.272 e. The third kappa shape index (κ3) is 4.44. The first-order chi connectivity index (χ1) is 9.95. The second-order valence-corrected chi connectivity index (χ2v) is 6.87. The highest BCUT2D eigenvalue weighted by atomic mass is 35.5. The Labute approximate surface area is 133 Å². The Hall–Kier alpha value is -1.59. The molecule has 0 saturated carbocycles. The summed E-state index contributed by atoms with van der Waals surface area (Å²) in [5.41, 5.74) is 0.436. The predicted octanol–water partition coefficient (Wildman–Crippen LogP) is 3.89. The molecule has 0 aliphatic rings. The second-order valence-electron chi connectivity index (χ2n) is 5.07. The van der Waals surface area contributed by atoms with Crippen LogP contribution < -0.4 is 5.32 Å². The van der Waals surface area contributed by atoms with Crippen LogP contribution >= 0.6 is 22.9 Å². The lowest BCUT2D eigenvalue weighted by Crippen LogP contribution is -2.27. The van der Waals surface area contributed by atoms with Gasteiger partial charge in [-0.25, -0.2) is 4.98 Å². The Bertz CT molecular complexity index is 627. The number of thiophene rings is 1. The monoisotopic (exact) mass is 323 g/mol. The Morgan fingerprint density at radius 1 is 1.38 bits per heavy atom. The van der Waals surface area contributed by atoms with Crippen molar-refractivity contribution in [2.24, 2.45) is 0 Å². The number of aromatic nitrogens is 1. The number of pyridine rings is 1. The average molecular weight is 324 g/mol. The second kappa shape index (κ2) is 6.91. The molecule has 4 nitrogen and oxygen atoms in total. The van der Waals surface area contributed by atoms with E-state index in [1.54, 1.807) is 18.0 Å². The molecule has 0 aliphatic heterocycles. The number of anilines is 1. The zero-order valence-electron chi connectivity index (χ0n) is 12.3. The van der Waals surface area contributed by atoms with Crippen LogP contribution in [0.5, 0.6) is 0 Å². The number of halogens is 1. The Kier molecular flexibility index (Phi) is 5.20. The third-order valence-corrected chi connectivity index (χ3v) is 3.99. The van der Waals surface area contributed by atoms with E-state index in [0.29, 0.717) is 18.1 Å². The van der Waals surface area contributed by atoms with Crippen molar-refractivity contribution in [3.63, 3.8) is 0 Å². The summed E-state index contributed by atoms with van der Waals surface area (Å²) in [6.07, 6.45) is 0.